The van der Waals surface area contributed by atoms with Crippen LogP contribution in [0.25, 0.3) is 0 Å². The maximum atomic E-state index is 10.5. The fourth-order valence-corrected chi connectivity index (χ4v) is 1.35. The van der Waals surface area contributed by atoms with E-state index in [4.69, 9.17) is 23.4 Å². The highest BCUT2D eigenvalue weighted by Crippen LogP contribution is 2.03. The molecule has 1 atom stereocenters. The Kier molecular flexibility index (Phi) is 6.63. The molecule has 0 bridgehead atoms. The fourth-order valence-electron chi connectivity index (χ4n) is 0.447. The Bertz CT molecular complexity index is 112. The quantitative estimate of drug-likeness (QED) is 0.542. The largest absolute Gasteiger partial charge is 0.279 e. The first kappa shape index (κ1) is 10.6. The van der Waals surface area contributed by atoms with E-state index < -0.39 is 11.3 Å². The van der Waals surface area contributed by atoms with Gasteiger partial charge in [0.15, 0.2) is 0 Å². The van der Waals surface area contributed by atoms with Gasteiger partial charge in [0.25, 0.3) is 0 Å². The Morgan fingerprint density at radius 3 is 2.70 bits per heavy atom. The summed E-state index contributed by atoms with van der Waals surface area (Å²) in [5, 5.41) is -0.427. The molecule has 0 aromatic heterocycles. The zero-order valence-corrected chi connectivity index (χ0v) is 7.89. The predicted molar refractivity (Wildman–Crippen MR) is 46.6 cm³/mol. The lowest BCUT2D eigenvalue weighted by Crippen LogP contribution is -2.27. The maximum Gasteiger partial charge on any atom is 0.239 e. The molecule has 0 fully saturated rings. The van der Waals surface area contributed by atoms with E-state index in [0.29, 0.717) is 6.42 Å². The van der Waals surface area contributed by atoms with Gasteiger partial charge in [-0.3, -0.25) is 4.79 Å². The van der Waals surface area contributed by atoms with Crippen molar-refractivity contribution in [3.63, 3.8) is 0 Å². The summed E-state index contributed by atoms with van der Waals surface area (Å²) >= 11 is 12.1. The van der Waals surface area contributed by atoms with Gasteiger partial charge in [0.1, 0.15) is 0 Å². The van der Waals surface area contributed by atoms with Gasteiger partial charge in [0, 0.05) is 0 Å². The van der Waals surface area contributed by atoms with Gasteiger partial charge in [-0.2, -0.15) is 11.8 Å². The van der Waals surface area contributed by atoms with Crippen molar-refractivity contribution in [1.82, 2.24) is 4.84 Å². The molecule has 0 saturated carbocycles. The first-order valence-electron chi connectivity index (χ1n) is 2.76. The number of hydrogen-bond acceptors (Lipinski definition) is 3. The van der Waals surface area contributed by atoms with Crippen LogP contribution in [0.3, 0.4) is 0 Å². The van der Waals surface area contributed by atoms with Crippen LogP contribution >= 0.6 is 35.1 Å². The Morgan fingerprint density at radius 1 is 1.80 bits per heavy atom. The molecule has 0 rings (SSSR count). The Labute approximate surface area is 74.8 Å². The molecule has 0 saturated heterocycles. The maximum absolute atomic E-state index is 10.5. The molecule has 0 radical (unpaired) electrons. The van der Waals surface area contributed by atoms with Gasteiger partial charge >= 0.3 is 0 Å². The van der Waals surface area contributed by atoms with Crippen LogP contribution in [0.4, 0.5) is 0 Å². The molecule has 2 nitrogen and oxygen atoms in total. The smallest absolute Gasteiger partial charge is 0.239 e. The molecule has 0 unspecified atom stereocenters. The number of carbonyl (C=O) groups is 1. The van der Waals surface area contributed by atoms with Crippen molar-refractivity contribution >= 4 is 40.4 Å². The highest BCUT2D eigenvalue weighted by molar-refractivity contribution is 7.98. The molecule has 0 aromatic carbocycles. The second kappa shape index (κ2) is 6.28. The topological polar surface area (TPSA) is 29.1 Å². The van der Waals surface area contributed by atoms with Crippen molar-refractivity contribution in [2.75, 3.05) is 12.0 Å². The van der Waals surface area contributed by atoms with Gasteiger partial charge in [-0.05, 0) is 41.8 Å². The third-order valence-corrected chi connectivity index (χ3v) is 2.19. The summed E-state index contributed by atoms with van der Waals surface area (Å²) in [7, 11) is 0. The van der Waals surface area contributed by atoms with Crippen LogP contribution < -0.4 is 4.84 Å². The lowest BCUT2D eigenvalue weighted by atomic mass is 10.3. The van der Waals surface area contributed by atoms with E-state index >= 15 is 0 Å². The van der Waals surface area contributed by atoms with Gasteiger partial charge in [0.05, 0.1) is 6.04 Å². The lowest BCUT2D eigenvalue weighted by Gasteiger charge is -2.06. The molecule has 1 N–H and O–H groups in total. The first-order chi connectivity index (χ1) is 4.72. The zero-order chi connectivity index (χ0) is 7.98. The highest BCUT2D eigenvalue weighted by Gasteiger charge is 2.12. The van der Waals surface area contributed by atoms with Crippen LogP contribution in [0.1, 0.15) is 6.42 Å². The van der Waals surface area contributed by atoms with Crippen molar-refractivity contribution in [1.29, 1.82) is 0 Å². The minimum absolute atomic E-state index is 0.407. The molecule has 10 heavy (non-hydrogen) atoms. The van der Waals surface area contributed by atoms with Gasteiger partial charge in [0.2, 0.25) is 5.24 Å². The summed E-state index contributed by atoms with van der Waals surface area (Å²) in [5.74, 6) is 0.878. The summed E-state index contributed by atoms with van der Waals surface area (Å²) in [6.07, 6.45) is 2.64. The second-order valence-electron chi connectivity index (χ2n) is 1.75. The molecule has 60 valence electrons. The molecular weight excluding hydrogens is 193 g/mol. The van der Waals surface area contributed by atoms with Crippen LogP contribution in [0, 0.1) is 0 Å². The van der Waals surface area contributed by atoms with Crippen molar-refractivity contribution in [2.45, 2.75) is 12.5 Å². The summed E-state index contributed by atoms with van der Waals surface area (Å²) in [5.41, 5.74) is 0. The van der Waals surface area contributed by atoms with Crippen molar-refractivity contribution in [3.8, 4) is 0 Å². The van der Waals surface area contributed by atoms with E-state index in [1.807, 2.05) is 6.26 Å². The van der Waals surface area contributed by atoms with Crippen molar-refractivity contribution < 1.29 is 4.79 Å². The third kappa shape index (κ3) is 4.39. The fraction of sp³-hybridized carbons (Fsp3) is 0.800. The molecule has 0 amide bonds. The molecule has 0 aromatic rings. The van der Waals surface area contributed by atoms with Gasteiger partial charge < -0.3 is 0 Å². The van der Waals surface area contributed by atoms with Gasteiger partial charge in [-0.15, -0.1) is 0 Å². The molecule has 0 aliphatic heterocycles. The summed E-state index contributed by atoms with van der Waals surface area (Å²) in [6.45, 7) is 0. The standard InChI is InChI=1S/C5H9Cl2NOS/c1-10-3-2-4(8-7)5(6)9/h4,8H,2-3H2,1H3/t4-/m0/s1. The zero-order valence-electron chi connectivity index (χ0n) is 5.56. The normalized spacial score (nSPS) is 13.1. The number of rotatable bonds is 5. The minimum Gasteiger partial charge on any atom is -0.279 e. The molecule has 0 aliphatic carbocycles. The molecule has 5 heteroatoms. The van der Waals surface area contributed by atoms with E-state index in [0.717, 1.165) is 5.75 Å². The van der Waals surface area contributed by atoms with Crippen LogP contribution in [0.5, 0.6) is 0 Å². The molecule has 0 heterocycles. The van der Waals surface area contributed by atoms with E-state index in [2.05, 4.69) is 4.84 Å². The van der Waals surface area contributed by atoms with Gasteiger partial charge in [-0.25, -0.2) is 4.84 Å². The third-order valence-electron chi connectivity index (χ3n) is 1.02. The molecule has 0 spiro atoms. The monoisotopic (exact) mass is 201 g/mol. The van der Waals surface area contributed by atoms with Crippen molar-refractivity contribution in [3.05, 3.63) is 0 Å². The Morgan fingerprint density at radius 2 is 2.40 bits per heavy atom. The molecule has 0 aliphatic rings. The van der Waals surface area contributed by atoms with Crippen LogP contribution in [0.2, 0.25) is 0 Å². The number of thioether (sulfide) groups is 1. The SMILES string of the molecule is CSCC[C@H](NCl)C(=O)Cl. The second-order valence-corrected chi connectivity index (χ2v) is 3.32. The summed E-state index contributed by atoms with van der Waals surface area (Å²) in [6, 6.07) is -0.407. The number of nitrogens with one attached hydrogen (secondary N) is 1. The highest BCUT2D eigenvalue weighted by atomic mass is 35.5. The van der Waals surface area contributed by atoms with Crippen LogP contribution in [0.15, 0.2) is 0 Å². The number of hydrogen-bond donors (Lipinski definition) is 1. The minimum atomic E-state index is -0.427. The number of halogens is 2. The van der Waals surface area contributed by atoms with Crippen molar-refractivity contribution in [2.24, 2.45) is 0 Å². The average Bonchev–Trinajstić information content (AvgIpc) is 1.89. The number of carbonyl (C=O) groups excluding carboxylic acids is 1. The Balaban J connectivity index is 3.50. The lowest BCUT2D eigenvalue weighted by molar-refractivity contribution is -0.113. The first-order valence-corrected chi connectivity index (χ1v) is 4.91. The van der Waals surface area contributed by atoms with E-state index in [9.17, 15) is 4.79 Å². The Hall–Kier alpha value is 0.560. The van der Waals surface area contributed by atoms with Crippen LogP contribution in [-0.4, -0.2) is 23.3 Å². The summed E-state index contributed by atoms with van der Waals surface area (Å²) in [4.78, 5) is 12.8. The predicted octanol–water partition coefficient (Wildman–Crippen LogP) is 1.62. The van der Waals surface area contributed by atoms with E-state index in [-0.39, 0.29) is 0 Å². The van der Waals surface area contributed by atoms with Crippen LogP contribution in [-0.2, 0) is 4.79 Å². The van der Waals surface area contributed by atoms with E-state index in [1.165, 1.54) is 0 Å². The van der Waals surface area contributed by atoms with Gasteiger partial charge in [-0.1, -0.05) is 0 Å². The average molecular weight is 202 g/mol. The summed E-state index contributed by atoms with van der Waals surface area (Å²) < 4.78 is 0. The van der Waals surface area contributed by atoms with E-state index in [1.54, 1.807) is 11.8 Å². The molecular formula is C5H9Cl2NOS.